The number of rotatable bonds is 6. The lowest BCUT2D eigenvalue weighted by Crippen LogP contribution is -2.49. The number of carbonyl (C=O) groups is 1. The van der Waals surface area contributed by atoms with Crippen LogP contribution in [-0.4, -0.2) is 66.3 Å². The lowest BCUT2D eigenvalue weighted by atomic mass is 10.1. The molecule has 0 saturated carbocycles. The molecule has 11 heteroatoms. The molecule has 1 aromatic heterocycles. The standard InChI is InChI=1S/C23H22ClN5O5/c1-33-16-4-7-21(34-2)17(14-16)19-6-8-22(26-25-19)27-9-11-28(12-10-27)23(30)15-3-5-18(24)20(13-15)29(31)32/h3-8,13-14H,9-12H2,1-2H3. The van der Waals surface area contributed by atoms with Crippen molar-refractivity contribution in [3.63, 3.8) is 0 Å². The summed E-state index contributed by atoms with van der Waals surface area (Å²) in [6.07, 6.45) is 0. The third-order valence-electron chi connectivity index (χ3n) is 5.61. The Kier molecular flexibility index (Phi) is 6.78. The third-order valence-corrected chi connectivity index (χ3v) is 5.93. The molecule has 0 unspecified atom stereocenters. The van der Waals surface area contributed by atoms with Gasteiger partial charge in [-0.25, -0.2) is 0 Å². The summed E-state index contributed by atoms with van der Waals surface area (Å²) in [6.45, 7) is 2.00. The van der Waals surface area contributed by atoms with Gasteiger partial charge in [-0.1, -0.05) is 11.6 Å². The number of ether oxygens (including phenoxy) is 2. The highest BCUT2D eigenvalue weighted by molar-refractivity contribution is 6.32. The fraction of sp³-hybridized carbons (Fsp3) is 0.261. The van der Waals surface area contributed by atoms with E-state index in [1.165, 1.54) is 18.2 Å². The zero-order chi connectivity index (χ0) is 24.2. The molecule has 0 N–H and O–H groups in total. The number of hydrogen-bond donors (Lipinski definition) is 0. The van der Waals surface area contributed by atoms with Crippen molar-refractivity contribution in [3.05, 3.63) is 69.2 Å². The lowest BCUT2D eigenvalue weighted by Gasteiger charge is -2.35. The number of carbonyl (C=O) groups excluding carboxylic acids is 1. The molecule has 1 fully saturated rings. The molecule has 176 valence electrons. The Balaban J connectivity index is 1.44. The first kappa shape index (κ1) is 23.2. The summed E-state index contributed by atoms with van der Waals surface area (Å²) in [7, 11) is 3.19. The number of nitrogens with zero attached hydrogens (tertiary/aromatic N) is 5. The second-order valence-corrected chi connectivity index (χ2v) is 7.95. The van der Waals surface area contributed by atoms with Gasteiger partial charge in [0.1, 0.15) is 16.5 Å². The van der Waals surface area contributed by atoms with Gasteiger partial charge in [-0.3, -0.25) is 14.9 Å². The van der Waals surface area contributed by atoms with E-state index in [2.05, 4.69) is 10.2 Å². The molecule has 0 spiro atoms. The van der Waals surface area contributed by atoms with E-state index in [0.717, 1.165) is 5.56 Å². The zero-order valence-corrected chi connectivity index (χ0v) is 19.4. The van der Waals surface area contributed by atoms with Crippen LogP contribution in [0.2, 0.25) is 5.02 Å². The molecule has 1 aliphatic rings. The number of nitro benzene ring substituents is 1. The van der Waals surface area contributed by atoms with Crippen LogP contribution < -0.4 is 14.4 Å². The predicted molar refractivity (Wildman–Crippen MR) is 127 cm³/mol. The number of hydrogen-bond acceptors (Lipinski definition) is 8. The minimum absolute atomic E-state index is 0.0000397. The van der Waals surface area contributed by atoms with E-state index in [9.17, 15) is 14.9 Å². The van der Waals surface area contributed by atoms with Crippen molar-refractivity contribution in [1.82, 2.24) is 15.1 Å². The molecular weight excluding hydrogens is 462 g/mol. The Morgan fingerprint density at radius 2 is 1.76 bits per heavy atom. The van der Waals surface area contributed by atoms with Gasteiger partial charge in [-0.15, -0.1) is 10.2 Å². The van der Waals surface area contributed by atoms with Crippen LogP contribution >= 0.6 is 11.6 Å². The van der Waals surface area contributed by atoms with Crippen molar-refractivity contribution in [2.45, 2.75) is 0 Å². The average molecular weight is 484 g/mol. The number of piperazine rings is 1. The molecule has 10 nitrogen and oxygen atoms in total. The van der Waals surface area contributed by atoms with Gasteiger partial charge in [-0.2, -0.15) is 0 Å². The molecule has 4 rings (SSSR count). The van der Waals surface area contributed by atoms with Crippen LogP contribution in [0.15, 0.2) is 48.5 Å². The second-order valence-electron chi connectivity index (χ2n) is 7.55. The van der Waals surface area contributed by atoms with E-state index in [1.807, 2.05) is 35.2 Å². The Bertz CT molecular complexity index is 1210. The largest absolute Gasteiger partial charge is 0.497 e. The van der Waals surface area contributed by atoms with Crippen LogP contribution in [-0.2, 0) is 0 Å². The maximum Gasteiger partial charge on any atom is 0.288 e. The van der Waals surface area contributed by atoms with Crippen LogP contribution in [0.4, 0.5) is 11.5 Å². The van der Waals surface area contributed by atoms with Crippen molar-refractivity contribution in [1.29, 1.82) is 0 Å². The SMILES string of the molecule is COc1ccc(OC)c(-c2ccc(N3CCN(C(=O)c4ccc(Cl)c([N+](=O)[O-])c4)CC3)nn2)c1. The molecule has 0 bridgehead atoms. The predicted octanol–water partition coefficient (Wildman–Crippen LogP) is 3.68. The fourth-order valence-corrected chi connectivity index (χ4v) is 3.95. The monoisotopic (exact) mass is 483 g/mol. The summed E-state index contributed by atoms with van der Waals surface area (Å²) in [5.41, 5.74) is 1.38. The summed E-state index contributed by atoms with van der Waals surface area (Å²) in [5.74, 6) is 1.77. The Hall–Kier alpha value is -3.92. The first-order valence-electron chi connectivity index (χ1n) is 10.5. The van der Waals surface area contributed by atoms with Crippen LogP contribution in [0, 0.1) is 10.1 Å². The number of halogens is 1. The molecule has 3 aromatic rings. The highest BCUT2D eigenvalue weighted by atomic mass is 35.5. The van der Waals surface area contributed by atoms with Crippen LogP contribution in [0.5, 0.6) is 11.5 Å². The summed E-state index contributed by atoms with van der Waals surface area (Å²) in [5, 5.41) is 19.8. The summed E-state index contributed by atoms with van der Waals surface area (Å²) in [4.78, 5) is 27.1. The minimum atomic E-state index is -0.597. The summed E-state index contributed by atoms with van der Waals surface area (Å²) >= 11 is 5.85. The van der Waals surface area contributed by atoms with Gasteiger partial charge in [0.05, 0.1) is 24.8 Å². The van der Waals surface area contributed by atoms with Gasteiger partial charge in [0.15, 0.2) is 5.82 Å². The molecule has 1 amide bonds. The Labute approximate surface area is 200 Å². The Morgan fingerprint density at radius 1 is 1.00 bits per heavy atom. The van der Waals surface area contributed by atoms with Crippen molar-refractivity contribution in [3.8, 4) is 22.8 Å². The number of anilines is 1. The molecule has 1 aliphatic heterocycles. The van der Waals surface area contributed by atoms with E-state index in [0.29, 0.717) is 49.2 Å². The summed E-state index contributed by atoms with van der Waals surface area (Å²) in [6, 6.07) is 13.3. The van der Waals surface area contributed by atoms with Crippen molar-refractivity contribution in [2.24, 2.45) is 0 Å². The molecule has 1 saturated heterocycles. The van der Waals surface area contributed by atoms with Gasteiger partial charge < -0.3 is 19.3 Å². The molecule has 2 aromatic carbocycles. The summed E-state index contributed by atoms with van der Waals surface area (Å²) < 4.78 is 10.7. The normalized spacial score (nSPS) is 13.5. The highest BCUT2D eigenvalue weighted by Gasteiger charge is 2.25. The topological polar surface area (TPSA) is 111 Å². The van der Waals surface area contributed by atoms with Crippen molar-refractivity contribution < 1.29 is 19.2 Å². The third kappa shape index (κ3) is 4.72. The maximum atomic E-state index is 12.8. The first-order valence-corrected chi connectivity index (χ1v) is 10.8. The molecule has 0 aliphatic carbocycles. The van der Waals surface area contributed by atoms with Gasteiger partial charge in [-0.05, 0) is 42.5 Å². The van der Waals surface area contributed by atoms with Crippen LogP contribution in [0.25, 0.3) is 11.3 Å². The van der Waals surface area contributed by atoms with Gasteiger partial charge in [0.2, 0.25) is 0 Å². The molecule has 2 heterocycles. The van der Waals surface area contributed by atoms with Gasteiger partial charge >= 0.3 is 0 Å². The maximum absolute atomic E-state index is 12.8. The van der Waals surface area contributed by atoms with Crippen molar-refractivity contribution >= 4 is 29.0 Å². The highest BCUT2D eigenvalue weighted by Crippen LogP contribution is 2.32. The first-order chi connectivity index (χ1) is 16.4. The van der Waals surface area contributed by atoms with E-state index in [-0.39, 0.29) is 22.2 Å². The van der Waals surface area contributed by atoms with E-state index in [1.54, 1.807) is 19.1 Å². The van der Waals surface area contributed by atoms with Crippen LogP contribution in [0.3, 0.4) is 0 Å². The number of nitro groups is 1. The number of benzene rings is 2. The quantitative estimate of drug-likeness (QED) is 0.385. The van der Waals surface area contributed by atoms with E-state index < -0.39 is 4.92 Å². The fourth-order valence-electron chi connectivity index (χ4n) is 3.76. The van der Waals surface area contributed by atoms with E-state index in [4.69, 9.17) is 21.1 Å². The molecule has 34 heavy (non-hydrogen) atoms. The Morgan fingerprint density at radius 3 is 2.38 bits per heavy atom. The molecule has 0 atom stereocenters. The molecular formula is C23H22ClN5O5. The lowest BCUT2D eigenvalue weighted by molar-refractivity contribution is -0.384. The van der Waals surface area contributed by atoms with Gasteiger partial charge in [0.25, 0.3) is 11.6 Å². The average Bonchev–Trinajstić information content (AvgIpc) is 2.88. The number of aromatic nitrogens is 2. The number of methoxy groups -OCH3 is 2. The smallest absolute Gasteiger partial charge is 0.288 e. The minimum Gasteiger partial charge on any atom is -0.497 e. The number of amides is 1. The van der Waals surface area contributed by atoms with Crippen LogP contribution in [0.1, 0.15) is 10.4 Å². The second kappa shape index (κ2) is 9.92. The van der Waals surface area contributed by atoms with E-state index >= 15 is 0 Å². The molecule has 0 radical (unpaired) electrons. The zero-order valence-electron chi connectivity index (χ0n) is 18.6. The van der Waals surface area contributed by atoms with Crippen molar-refractivity contribution in [2.75, 3.05) is 45.3 Å². The van der Waals surface area contributed by atoms with Gasteiger partial charge in [0, 0.05) is 43.4 Å².